The van der Waals surface area contributed by atoms with Crippen molar-refractivity contribution in [1.82, 2.24) is 9.97 Å². The van der Waals surface area contributed by atoms with Crippen LogP contribution in [0.2, 0.25) is 0 Å². The molecule has 0 saturated heterocycles. The molecule has 134 valence electrons. The monoisotopic (exact) mass is 348 g/mol. The van der Waals surface area contributed by atoms with Gasteiger partial charge in [-0.25, -0.2) is 4.98 Å². The van der Waals surface area contributed by atoms with Crippen LogP contribution in [0.1, 0.15) is 18.1 Å². The summed E-state index contributed by atoms with van der Waals surface area (Å²) >= 11 is 0. The van der Waals surface area contributed by atoms with Gasteiger partial charge in [-0.05, 0) is 44.0 Å². The van der Waals surface area contributed by atoms with Gasteiger partial charge in [0.2, 0.25) is 5.95 Å². The molecule has 0 aliphatic rings. The van der Waals surface area contributed by atoms with Crippen molar-refractivity contribution >= 4 is 17.5 Å². The third kappa shape index (κ3) is 4.58. The maximum atomic E-state index is 9.31. The predicted octanol–water partition coefficient (Wildman–Crippen LogP) is 4.30. The van der Waals surface area contributed by atoms with Crippen molar-refractivity contribution < 1.29 is 5.11 Å². The van der Waals surface area contributed by atoms with Crippen LogP contribution in [0.25, 0.3) is 11.3 Å². The third-order valence-corrected chi connectivity index (χ3v) is 3.94. The largest absolute Gasteiger partial charge is 0.394 e. The fraction of sp³-hybridized carbons (Fsp3) is 0.238. The molecule has 0 bridgehead atoms. The van der Waals surface area contributed by atoms with Crippen molar-refractivity contribution in [2.45, 2.75) is 26.8 Å². The molecule has 1 atom stereocenters. The van der Waals surface area contributed by atoms with Crippen LogP contribution in [0.4, 0.5) is 17.5 Å². The normalized spacial score (nSPS) is 11.8. The molecule has 3 aromatic rings. The predicted molar refractivity (Wildman–Crippen MR) is 107 cm³/mol. The second-order valence-electron chi connectivity index (χ2n) is 6.56. The number of aryl methyl sites for hydroxylation is 2. The van der Waals surface area contributed by atoms with E-state index >= 15 is 0 Å². The molecule has 3 rings (SSSR count). The summed E-state index contributed by atoms with van der Waals surface area (Å²) in [4.78, 5) is 9.15. The van der Waals surface area contributed by atoms with E-state index in [-0.39, 0.29) is 12.6 Å². The van der Waals surface area contributed by atoms with Crippen LogP contribution >= 0.6 is 0 Å². The number of rotatable bonds is 6. The highest BCUT2D eigenvalue weighted by molar-refractivity contribution is 5.67. The summed E-state index contributed by atoms with van der Waals surface area (Å²) in [6, 6.07) is 18.1. The second kappa shape index (κ2) is 7.97. The number of aliphatic hydroxyl groups is 1. The van der Waals surface area contributed by atoms with Crippen LogP contribution in [0.5, 0.6) is 0 Å². The lowest BCUT2D eigenvalue weighted by atomic mass is 10.1. The van der Waals surface area contributed by atoms with Crippen LogP contribution < -0.4 is 10.6 Å². The Morgan fingerprint density at radius 3 is 2.31 bits per heavy atom. The molecule has 5 heteroatoms. The number of anilines is 3. The van der Waals surface area contributed by atoms with Crippen LogP contribution in [0.3, 0.4) is 0 Å². The van der Waals surface area contributed by atoms with Gasteiger partial charge in [-0.2, -0.15) is 4.98 Å². The van der Waals surface area contributed by atoms with E-state index in [1.54, 1.807) is 0 Å². The van der Waals surface area contributed by atoms with Crippen LogP contribution in [0, 0.1) is 13.8 Å². The first-order chi connectivity index (χ1) is 12.5. The summed E-state index contributed by atoms with van der Waals surface area (Å²) in [5.41, 5.74) is 5.20. The quantitative estimate of drug-likeness (QED) is 0.620. The van der Waals surface area contributed by atoms with Crippen LogP contribution in [0.15, 0.2) is 54.6 Å². The Kier molecular flexibility index (Phi) is 5.49. The fourth-order valence-corrected chi connectivity index (χ4v) is 2.79. The van der Waals surface area contributed by atoms with Gasteiger partial charge in [0.1, 0.15) is 5.82 Å². The second-order valence-corrected chi connectivity index (χ2v) is 6.56. The van der Waals surface area contributed by atoms with Crippen molar-refractivity contribution in [3.05, 3.63) is 65.7 Å². The fourth-order valence-electron chi connectivity index (χ4n) is 2.79. The minimum atomic E-state index is -0.130. The molecule has 2 aromatic carbocycles. The Balaban J connectivity index is 1.98. The molecule has 5 nitrogen and oxygen atoms in total. The minimum Gasteiger partial charge on any atom is -0.394 e. The zero-order valence-electron chi connectivity index (χ0n) is 15.3. The zero-order valence-corrected chi connectivity index (χ0v) is 15.3. The van der Waals surface area contributed by atoms with Gasteiger partial charge in [-0.15, -0.1) is 0 Å². The highest BCUT2D eigenvalue weighted by Crippen LogP contribution is 2.24. The lowest BCUT2D eigenvalue weighted by Crippen LogP contribution is -2.21. The summed E-state index contributed by atoms with van der Waals surface area (Å²) < 4.78 is 0. The third-order valence-electron chi connectivity index (χ3n) is 3.94. The number of hydrogen-bond donors (Lipinski definition) is 3. The van der Waals surface area contributed by atoms with Crippen molar-refractivity contribution in [3.8, 4) is 11.3 Å². The van der Waals surface area contributed by atoms with Gasteiger partial charge >= 0.3 is 0 Å². The van der Waals surface area contributed by atoms with Crippen molar-refractivity contribution in [2.75, 3.05) is 17.2 Å². The molecule has 1 heterocycles. The lowest BCUT2D eigenvalue weighted by molar-refractivity contribution is 0.281. The maximum Gasteiger partial charge on any atom is 0.225 e. The summed E-state index contributed by atoms with van der Waals surface area (Å²) in [6.07, 6.45) is 0. The maximum absolute atomic E-state index is 9.31. The van der Waals surface area contributed by atoms with Gasteiger partial charge in [0, 0.05) is 23.4 Å². The van der Waals surface area contributed by atoms with Gasteiger partial charge in [0.15, 0.2) is 0 Å². The highest BCUT2D eigenvalue weighted by Gasteiger charge is 2.09. The Morgan fingerprint density at radius 1 is 0.962 bits per heavy atom. The van der Waals surface area contributed by atoms with Crippen LogP contribution in [-0.2, 0) is 0 Å². The van der Waals surface area contributed by atoms with E-state index < -0.39 is 0 Å². The first kappa shape index (κ1) is 17.9. The molecule has 0 fully saturated rings. The van der Waals surface area contributed by atoms with E-state index in [4.69, 9.17) is 0 Å². The van der Waals surface area contributed by atoms with E-state index in [1.807, 2.05) is 43.3 Å². The average Bonchev–Trinajstić information content (AvgIpc) is 2.61. The number of aromatic nitrogens is 2. The first-order valence-corrected chi connectivity index (χ1v) is 8.71. The minimum absolute atomic E-state index is 0.0127. The number of nitrogens with zero attached hydrogens (tertiary/aromatic N) is 2. The number of hydrogen-bond acceptors (Lipinski definition) is 5. The van der Waals surface area contributed by atoms with E-state index in [1.165, 1.54) is 11.1 Å². The summed E-state index contributed by atoms with van der Waals surface area (Å²) in [5.74, 6) is 1.19. The molecule has 26 heavy (non-hydrogen) atoms. The molecule has 0 unspecified atom stereocenters. The average molecular weight is 348 g/mol. The smallest absolute Gasteiger partial charge is 0.225 e. The van der Waals surface area contributed by atoms with Gasteiger partial charge < -0.3 is 15.7 Å². The van der Waals surface area contributed by atoms with Crippen molar-refractivity contribution in [3.63, 3.8) is 0 Å². The van der Waals surface area contributed by atoms with E-state index in [0.717, 1.165) is 16.9 Å². The van der Waals surface area contributed by atoms with E-state index in [9.17, 15) is 5.11 Å². The Bertz CT molecular complexity index is 860. The standard InChI is InChI=1S/C21H24N4O/c1-14-9-15(2)11-18(10-14)23-20-12-19(17-7-5-4-6-8-17)24-21(25-20)22-16(3)13-26/h4-12,16,26H,13H2,1-3H3,(H2,22,23,24,25)/t16-/m0/s1. The molecule has 0 aliphatic heterocycles. The van der Waals surface area contributed by atoms with Crippen LogP contribution in [-0.4, -0.2) is 27.7 Å². The molecule has 1 aromatic heterocycles. The molecule has 0 aliphatic carbocycles. The molecule has 0 amide bonds. The Hall–Kier alpha value is -2.92. The van der Waals surface area contributed by atoms with E-state index in [0.29, 0.717) is 11.8 Å². The highest BCUT2D eigenvalue weighted by atomic mass is 16.3. The van der Waals surface area contributed by atoms with Gasteiger partial charge in [-0.1, -0.05) is 36.4 Å². The van der Waals surface area contributed by atoms with Crippen molar-refractivity contribution in [2.24, 2.45) is 0 Å². The van der Waals surface area contributed by atoms with E-state index in [2.05, 4.69) is 52.6 Å². The topological polar surface area (TPSA) is 70.1 Å². The van der Waals surface area contributed by atoms with Gasteiger partial charge in [0.05, 0.1) is 12.3 Å². The molecule has 0 saturated carbocycles. The summed E-state index contributed by atoms with van der Waals surface area (Å²) in [7, 11) is 0. The SMILES string of the molecule is Cc1cc(C)cc(Nc2cc(-c3ccccc3)nc(N[C@@H](C)CO)n2)c1. The van der Waals surface area contributed by atoms with Gasteiger partial charge in [0.25, 0.3) is 0 Å². The summed E-state index contributed by atoms with van der Waals surface area (Å²) in [5, 5.41) is 15.8. The molecular formula is C21H24N4O. The van der Waals surface area contributed by atoms with Gasteiger partial charge in [-0.3, -0.25) is 0 Å². The number of benzene rings is 2. The molecule has 0 spiro atoms. The van der Waals surface area contributed by atoms with Crippen molar-refractivity contribution in [1.29, 1.82) is 0 Å². The number of aliphatic hydroxyl groups excluding tert-OH is 1. The molecule has 3 N–H and O–H groups in total. The lowest BCUT2D eigenvalue weighted by Gasteiger charge is -2.15. The summed E-state index contributed by atoms with van der Waals surface area (Å²) in [6.45, 7) is 6.04. The number of nitrogens with one attached hydrogen (secondary N) is 2. The Morgan fingerprint density at radius 2 is 1.65 bits per heavy atom. The molecule has 0 radical (unpaired) electrons. The Labute approximate surface area is 154 Å². The first-order valence-electron chi connectivity index (χ1n) is 8.71. The zero-order chi connectivity index (χ0) is 18.5. The molecular weight excluding hydrogens is 324 g/mol.